The Bertz CT molecular complexity index is 1240. The number of pyridine rings is 1. The lowest BCUT2D eigenvalue weighted by Gasteiger charge is -2.08. The van der Waals surface area contributed by atoms with Crippen molar-refractivity contribution in [2.24, 2.45) is 0 Å². The number of aromatic nitrogens is 2. The molecule has 4 aromatic rings. The molecule has 154 valence electrons. The summed E-state index contributed by atoms with van der Waals surface area (Å²) in [5, 5.41) is 6.27. The maximum absolute atomic E-state index is 13.2. The fourth-order valence-electron chi connectivity index (χ4n) is 2.89. The van der Waals surface area contributed by atoms with Gasteiger partial charge in [0.05, 0.1) is 5.69 Å². The molecular formula is C23H17FN4O2S. The number of benzene rings is 2. The summed E-state index contributed by atoms with van der Waals surface area (Å²) in [4.78, 5) is 33.9. The molecule has 0 fully saturated rings. The Kier molecular flexibility index (Phi) is 5.81. The summed E-state index contributed by atoms with van der Waals surface area (Å²) in [5.74, 6) is -0.903. The van der Waals surface area contributed by atoms with Gasteiger partial charge in [0, 0.05) is 34.9 Å². The second-order valence-corrected chi connectivity index (χ2v) is 7.66. The molecule has 0 bridgehead atoms. The van der Waals surface area contributed by atoms with Gasteiger partial charge in [-0.2, -0.15) is 0 Å². The van der Waals surface area contributed by atoms with Crippen molar-refractivity contribution in [1.29, 1.82) is 0 Å². The van der Waals surface area contributed by atoms with E-state index in [1.807, 2.05) is 0 Å². The van der Waals surface area contributed by atoms with Crippen LogP contribution in [-0.2, 0) is 0 Å². The third-order valence-corrected chi connectivity index (χ3v) is 5.62. The lowest BCUT2D eigenvalue weighted by atomic mass is 10.2. The molecule has 2 amide bonds. The van der Waals surface area contributed by atoms with Crippen molar-refractivity contribution in [1.82, 2.24) is 9.97 Å². The molecular weight excluding hydrogens is 415 g/mol. The average molecular weight is 432 g/mol. The molecule has 2 heterocycles. The Labute approximate surface area is 181 Å². The summed E-state index contributed by atoms with van der Waals surface area (Å²) in [6.45, 7) is 1.75. The van der Waals surface area contributed by atoms with Crippen LogP contribution in [0.2, 0.25) is 0 Å². The number of nitrogens with zero attached hydrogens (tertiary/aromatic N) is 2. The van der Waals surface area contributed by atoms with Gasteiger partial charge in [0.1, 0.15) is 15.7 Å². The fourth-order valence-corrected chi connectivity index (χ4v) is 3.86. The van der Waals surface area contributed by atoms with Crippen LogP contribution in [0.4, 0.5) is 15.8 Å². The molecule has 2 aromatic carbocycles. The third-order valence-electron chi connectivity index (χ3n) is 4.41. The zero-order valence-corrected chi connectivity index (χ0v) is 17.2. The van der Waals surface area contributed by atoms with Gasteiger partial charge in [0.25, 0.3) is 11.8 Å². The maximum Gasteiger partial charge on any atom is 0.267 e. The molecule has 2 aromatic heterocycles. The van der Waals surface area contributed by atoms with E-state index in [1.165, 1.54) is 23.5 Å². The standard InChI is InChI=1S/C23H17FN4O2S/c1-14-20(31-23(26-14)16-5-7-17(24)8-6-16)22(30)28-19-4-2-3-18(13-19)27-21(29)15-9-11-25-12-10-15/h2-13H,1H3,(H,27,29)(H,28,30). The SMILES string of the molecule is Cc1nc(-c2ccc(F)cc2)sc1C(=O)Nc1cccc(NC(=O)c2ccncc2)c1. The molecule has 0 atom stereocenters. The number of carbonyl (C=O) groups excluding carboxylic acids is 2. The third kappa shape index (κ3) is 4.81. The second kappa shape index (κ2) is 8.85. The van der Waals surface area contributed by atoms with Crippen LogP contribution in [0, 0.1) is 12.7 Å². The van der Waals surface area contributed by atoms with E-state index >= 15 is 0 Å². The zero-order chi connectivity index (χ0) is 21.8. The predicted molar refractivity (Wildman–Crippen MR) is 119 cm³/mol. The van der Waals surface area contributed by atoms with Crippen LogP contribution in [0.3, 0.4) is 0 Å². The number of hydrogen-bond acceptors (Lipinski definition) is 5. The van der Waals surface area contributed by atoms with Crippen LogP contribution < -0.4 is 10.6 Å². The minimum absolute atomic E-state index is 0.270. The van der Waals surface area contributed by atoms with Crippen molar-refractivity contribution in [3.63, 3.8) is 0 Å². The summed E-state index contributed by atoms with van der Waals surface area (Å²) in [6.07, 6.45) is 3.09. The highest BCUT2D eigenvalue weighted by atomic mass is 32.1. The van der Waals surface area contributed by atoms with E-state index in [-0.39, 0.29) is 17.6 Å². The van der Waals surface area contributed by atoms with Gasteiger partial charge < -0.3 is 10.6 Å². The van der Waals surface area contributed by atoms with Crippen LogP contribution in [0.25, 0.3) is 10.6 Å². The van der Waals surface area contributed by atoms with E-state index in [1.54, 1.807) is 67.8 Å². The Morgan fingerprint density at radius 3 is 2.23 bits per heavy atom. The van der Waals surface area contributed by atoms with Crippen LogP contribution in [0.5, 0.6) is 0 Å². The summed E-state index contributed by atoms with van der Waals surface area (Å²) >= 11 is 1.24. The van der Waals surface area contributed by atoms with E-state index in [2.05, 4.69) is 20.6 Å². The largest absolute Gasteiger partial charge is 0.322 e. The van der Waals surface area contributed by atoms with Crippen molar-refractivity contribution in [3.05, 3.63) is 95.0 Å². The van der Waals surface area contributed by atoms with Crippen molar-refractivity contribution in [2.45, 2.75) is 6.92 Å². The molecule has 0 aliphatic carbocycles. The average Bonchev–Trinajstić information content (AvgIpc) is 3.17. The number of rotatable bonds is 5. The molecule has 0 aliphatic heterocycles. The van der Waals surface area contributed by atoms with Gasteiger partial charge in [-0.25, -0.2) is 9.37 Å². The van der Waals surface area contributed by atoms with E-state index in [9.17, 15) is 14.0 Å². The number of anilines is 2. The highest BCUT2D eigenvalue weighted by Crippen LogP contribution is 2.29. The molecule has 0 unspecified atom stereocenters. The van der Waals surface area contributed by atoms with Crippen LogP contribution in [0.1, 0.15) is 25.7 Å². The Balaban J connectivity index is 1.48. The molecule has 8 heteroatoms. The van der Waals surface area contributed by atoms with Crippen molar-refractivity contribution >= 4 is 34.5 Å². The first-order chi connectivity index (χ1) is 15.0. The summed E-state index contributed by atoms with van der Waals surface area (Å²) in [6, 6.07) is 16.1. The lowest BCUT2D eigenvalue weighted by Crippen LogP contribution is -2.14. The molecule has 0 aliphatic rings. The van der Waals surface area contributed by atoms with Gasteiger partial charge in [-0.1, -0.05) is 6.07 Å². The zero-order valence-electron chi connectivity index (χ0n) is 16.4. The van der Waals surface area contributed by atoms with Crippen LogP contribution >= 0.6 is 11.3 Å². The van der Waals surface area contributed by atoms with Crippen LogP contribution in [0.15, 0.2) is 73.1 Å². The molecule has 0 saturated heterocycles. The maximum atomic E-state index is 13.2. The Morgan fingerprint density at radius 2 is 1.55 bits per heavy atom. The minimum Gasteiger partial charge on any atom is -0.322 e. The molecule has 31 heavy (non-hydrogen) atoms. The highest BCUT2D eigenvalue weighted by molar-refractivity contribution is 7.17. The van der Waals surface area contributed by atoms with E-state index < -0.39 is 0 Å². The first-order valence-corrected chi connectivity index (χ1v) is 10.2. The lowest BCUT2D eigenvalue weighted by molar-refractivity contribution is 0.102. The summed E-state index contributed by atoms with van der Waals surface area (Å²) in [5.41, 5.74) is 2.90. The number of nitrogens with one attached hydrogen (secondary N) is 2. The summed E-state index contributed by atoms with van der Waals surface area (Å²) < 4.78 is 13.2. The number of carbonyl (C=O) groups is 2. The number of thiazole rings is 1. The monoisotopic (exact) mass is 432 g/mol. The molecule has 4 rings (SSSR count). The van der Waals surface area contributed by atoms with Crippen molar-refractivity contribution < 1.29 is 14.0 Å². The van der Waals surface area contributed by atoms with E-state index in [0.29, 0.717) is 32.5 Å². The first-order valence-electron chi connectivity index (χ1n) is 9.36. The Morgan fingerprint density at radius 1 is 0.903 bits per heavy atom. The van der Waals surface area contributed by atoms with Crippen molar-refractivity contribution in [3.8, 4) is 10.6 Å². The quantitative estimate of drug-likeness (QED) is 0.456. The smallest absolute Gasteiger partial charge is 0.267 e. The highest BCUT2D eigenvalue weighted by Gasteiger charge is 2.17. The second-order valence-electron chi connectivity index (χ2n) is 6.67. The molecule has 0 spiro atoms. The Hall–Kier alpha value is -3.91. The molecule has 0 radical (unpaired) electrons. The minimum atomic E-state index is -0.328. The number of amides is 2. The normalized spacial score (nSPS) is 10.5. The first kappa shape index (κ1) is 20.4. The molecule has 2 N–H and O–H groups in total. The van der Waals surface area contributed by atoms with Gasteiger partial charge in [-0.3, -0.25) is 14.6 Å². The van der Waals surface area contributed by atoms with Gasteiger partial charge in [-0.15, -0.1) is 11.3 Å². The summed E-state index contributed by atoms with van der Waals surface area (Å²) in [7, 11) is 0. The van der Waals surface area contributed by atoms with Gasteiger partial charge >= 0.3 is 0 Å². The number of halogens is 1. The van der Waals surface area contributed by atoms with E-state index in [4.69, 9.17) is 0 Å². The molecule has 6 nitrogen and oxygen atoms in total. The van der Waals surface area contributed by atoms with Gasteiger partial charge in [0.2, 0.25) is 0 Å². The number of aryl methyl sites for hydroxylation is 1. The molecule has 0 saturated carbocycles. The van der Waals surface area contributed by atoms with E-state index in [0.717, 1.165) is 5.56 Å². The van der Waals surface area contributed by atoms with Gasteiger partial charge in [0.15, 0.2) is 0 Å². The fraction of sp³-hybridized carbons (Fsp3) is 0.0435. The van der Waals surface area contributed by atoms with Gasteiger partial charge in [-0.05, 0) is 61.5 Å². The number of hydrogen-bond donors (Lipinski definition) is 2. The van der Waals surface area contributed by atoms with Crippen molar-refractivity contribution in [2.75, 3.05) is 10.6 Å². The predicted octanol–water partition coefficient (Wildman–Crippen LogP) is 5.16. The topological polar surface area (TPSA) is 84.0 Å². The van der Waals surface area contributed by atoms with Crippen LogP contribution in [-0.4, -0.2) is 21.8 Å².